The van der Waals surface area contributed by atoms with Crippen molar-refractivity contribution in [3.63, 3.8) is 0 Å². The summed E-state index contributed by atoms with van der Waals surface area (Å²) in [4.78, 5) is 17.4. The van der Waals surface area contributed by atoms with Crippen LogP contribution in [0.4, 0.5) is 26.2 Å². The third kappa shape index (κ3) is 5.22. The molecular formula is C24H25F2N7. The Morgan fingerprint density at radius 3 is 2.33 bits per heavy atom. The van der Waals surface area contributed by atoms with E-state index in [1.807, 2.05) is 32.9 Å². The Labute approximate surface area is 191 Å². The summed E-state index contributed by atoms with van der Waals surface area (Å²) in [5, 5.41) is 15.9. The SMILES string of the molecule is CC(C)(C)Nc1cc(Nc2cc(C3(C#N)CC3)ccn2)nc(-c2cccc(C(C)(F)F)n2)n1. The lowest BCUT2D eigenvalue weighted by atomic mass is 9.99. The van der Waals surface area contributed by atoms with Crippen LogP contribution in [0.2, 0.25) is 0 Å². The summed E-state index contributed by atoms with van der Waals surface area (Å²) in [6.45, 7) is 6.76. The van der Waals surface area contributed by atoms with E-state index < -0.39 is 11.3 Å². The van der Waals surface area contributed by atoms with Crippen LogP contribution in [0.3, 0.4) is 0 Å². The average molecular weight is 450 g/mol. The molecule has 0 radical (unpaired) electrons. The van der Waals surface area contributed by atoms with Gasteiger partial charge in [-0.1, -0.05) is 6.07 Å². The third-order valence-electron chi connectivity index (χ3n) is 5.19. The number of pyridine rings is 2. The van der Waals surface area contributed by atoms with Gasteiger partial charge in [0.05, 0.1) is 11.5 Å². The van der Waals surface area contributed by atoms with Crippen molar-refractivity contribution in [2.75, 3.05) is 10.6 Å². The molecule has 2 N–H and O–H groups in total. The van der Waals surface area contributed by atoms with Gasteiger partial charge in [-0.25, -0.2) is 19.9 Å². The van der Waals surface area contributed by atoms with E-state index in [1.165, 1.54) is 12.1 Å². The number of hydrogen-bond acceptors (Lipinski definition) is 7. The van der Waals surface area contributed by atoms with Crippen LogP contribution >= 0.6 is 0 Å². The van der Waals surface area contributed by atoms with Crippen LogP contribution in [-0.4, -0.2) is 25.5 Å². The van der Waals surface area contributed by atoms with Crippen molar-refractivity contribution in [2.24, 2.45) is 0 Å². The van der Waals surface area contributed by atoms with Gasteiger partial charge in [0.25, 0.3) is 5.92 Å². The van der Waals surface area contributed by atoms with Crippen molar-refractivity contribution < 1.29 is 8.78 Å². The fourth-order valence-electron chi connectivity index (χ4n) is 3.40. The minimum Gasteiger partial charge on any atom is -0.365 e. The summed E-state index contributed by atoms with van der Waals surface area (Å²) in [6.07, 6.45) is 3.31. The molecule has 0 aromatic carbocycles. The van der Waals surface area contributed by atoms with Gasteiger partial charge in [0.1, 0.15) is 28.8 Å². The highest BCUT2D eigenvalue weighted by Crippen LogP contribution is 2.47. The smallest absolute Gasteiger partial charge is 0.286 e. The van der Waals surface area contributed by atoms with Gasteiger partial charge in [-0.15, -0.1) is 0 Å². The van der Waals surface area contributed by atoms with Crippen LogP contribution in [0.1, 0.15) is 51.8 Å². The van der Waals surface area contributed by atoms with Crippen molar-refractivity contribution in [3.05, 3.63) is 53.9 Å². The van der Waals surface area contributed by atoms with Gasteiger partial charge in [0.15, 0.2) is 5.82 Å². The Balaban J connectivity index is 1.72. The number of halogens is 2. The molecule has 1 aliphatic carbocycles. The quantitative estimate of drug-likeness (QED) is 0.509. The molecule has 0 unspecified atom stereocenters. The zero-order valence-corrected chi connectivity index (χ0v) is 18.9. The molecule has 1 saturated carbocycles. The highest BCUT2D eigenvalue weighted by Gasteiger charge is 2.45. The lowest BCUT2D eigenvalue weighted by Crippen LogP contribution is -2.27. The van der Waals surface area contributed by atoms with Gasteiger partial charge >= 0.3 is 0 Å². The molecule has 0 spiro atoms. The van der Waals surface area contributed by atoms with Crippen LogP contribution < -0.4 is 10.6 Å². The summed E-state index contributed by atoms with van der Waals surface area (Å²) >= 11 is 0. The first-order valence-corrected chi connectivity index (χ1v) is 10.7. The normalized spacial score (nSPS) is 14.9. The molecule has 3 aromatic heterocycles. The average Bonchev–Trinajstić information content (AvgIpc) is 3.53. The molecule has 0 amide bonds. The Morgan fingerprint density at radius 2 is 1.70 bits per heavy atom. The van der Waals surface area contributed by atoms with Crippen LogP contribution in [0.15, 0.2) is 42.6 Å². The first-order chi connectivity index (χ1) is 15.5. The molecule has 1 aliphatic rings. The summed E-state index contributed by atoms with van der Waals surface area (Å²) < 4.78 is 27.7. The van der Waals surface area contributed by atoms with Gasteiger partial charge in [-0.3, -0.25) is 0 Å². The molecular weight excluding hydrogens is 424 g/mol. The lowest BCUT2D eigenvalue weighted by Gasteiger charge is -2.22. The number of rotatable bonds is 6. The fraction of sp³-hybridized carbons (Fsp3) is 0.375. The molecule has 0 aliphatic heterocycles. The minimum atomic E-state index is -3.08. The Bertz CT molecular complexity index is 1220. The number of nitrogens with one attached hydrogen (secondary N) is 2. The summed E-state index contributed by atoms with van der Waals surface area (Å²) in [6, 6.07) is 12.2. The van der Waals surface area contributed by atoms with Gasteiger partial charge in [-0.05, 0) is 63.4 Å². The van der Waals surface area contributed by atoms with E-state index in [2.05, 4.69) is 36.6 Å². The van der Waals surface area contributed by atoms with Crippen LogP contribution in [0.25, 0.3) is 11.5 Å². The molecule has 170 valence electrons. The van der Waals surface area contributed by atoms with E-state index in [-0.39, 0.29) is 22.8 Å². The molecule has 0 bridgehead atoms. The van der Waals surface area contributed by atoms with E-state index >= 15 is 0 Å². The predicted octanol–water partition coefficient (Wildman–Crippen LogP) is 5.55. The van der Waals surface area contributed by atoms with Gasteiger partial charge in [0, 0.05) is 24.7 Å². The molecule has 3 aromatic rings. The first-order valence-electron chi connectivity index (χ1n) is 10.7. The minimum absolute atomic E-state index is 0.199. The maximum atomic E-state index is 13.8. The molecule has 3 heterocycles. The number of nitrogens with zero attached hydrogens (tertiary/aromatic N) is 5. The maximum absolute atomic E-state index is 13.8. The highest BCUT2D eigenvalue weighted by molar-refractivity contribution is 5.63. The number of anilines is 3. The second-order valence-corrected chi connectivity index (χ2v) is 9.38. The number of hydrogen-bond donors (Lipinski definition) is 2. The standard InChI is InChI=1S/C24H25F2N7/c1-22(2,3)33-20-13-19(30-18-12-15(8-11-28-18)24(14-27)9-10-24)31-21(32-20)16-6-5-7-17(29-16)23(4,25)26/h5-8,11-13H,9-10H2,1-4H3,(H2,28,30,31,32,33). The van der Waals surface area contributed by atoms with E-state index in [0.29, 0.717) is 17.5 Å². The van der Waals surface area contributed by atoms with Gasteiger partial charge in [-0.2, -0.15) is 14.0 Å². The Hall–Kier alpha value is -3.67. The van der Waals surface area contributed by atoms with Crippen molar-refractivity contribution in [1.82, 2.24) is 19.9 Å². The van der Waals surface area contributed by atoms with Crippen LogP contribution in [-0.2, 0) is 11.3 Å². The van der Waals surface area contributed by atoms with Gasteiger partial charge < -0.3 is 10.6 Å². The van der Waals surface area contributed by atoms with Crippen molar-refractivity contribution in [1.29, 1.82) is 5.26 Å². The highest BCUT2D eigenvalue weighted by atomic mass is 19.3. The maximum Gasteiger partial charge on any atom is 0.286 e. The molecule has 33 heavy (non-hydrogen) atoms. The van der Waals surface area contributed by atoms with Crippen molar-refractivity contribution in [2.45, 2.75) is 57.4 Å². The summed E-state index contributed by atoms with van der Waals surface area (Å²) in [5.41, 5.74) is 0.0538. The van der Waals surface area contributed by atoms with Crippen LogP contribution in [0, 0.1) is 11.3 Å². The third-order valence-corrected chi connectivity index (χ3v) is 5.19. The second-order valence-electron chi connectivity index (χ2n) is 9.38. The molecule has 7 nitrogen and oxygen atoms in total. The van der Waals surface area contributed by atoms with E-state index in [0.717, 1.165) is 25.3 Å². The van der Waals surface area contributed by atoms with E-state index in [9.17, 15) is 14.0 Å². The zero-order chi connectivity index (χ0) is 23.9. The van der Waals surface area contributed by atoms with Crippen molar-refractivity contribution in [3.8, 4) is 17.6 Å². The van der Waals surface area contributed by atoms with E-state index in [1.54, 1.807) is 18.3 Å². The predicted molar refractivity (Wildman–Crippen MR) is 122 cm³/mol. The molecule has 4 rings (SSSR count). The Kier molecular flexibility index (Phi) is 5.48. The monoisotopic (exact) mass is 449 g/mol. The second kappa shape index (κ2) is 8.03. The summed E-state index contributed by atoms with van der Waals surface area (Å²) in [5.74, 6) is -1.42. The molecule has 9 heteroatoms. The number of aromatic nitrogens is 4. The van der Waals surface area contributed by atoms with E-state index in [4.69, 9.17) is 0 Å². The zero-order valence-electron chi connectivity index (χ0n) is 18.9. The summed E-state index contributed by atoms with van der Waals surface area (Å²) in [7, 11) is 0. The number of alkyl halides is 2. The molecule has 0 atom stereocenters. The molecule has 0 saturated heterocycles. The first kappa shape index (κ1) is 22.5. The van der Waals surface area contributed by atoms with Crippen molar-refractivity contribution >= 4 is 17.5 Å². The van der Waals surface area contributed by atoms with Gasteiger partial charge in [0.2, 0.25) is 0 Å². The topological polar surface area (TPSA) is 99.4 Å². The van der Waals surface area contributed by atoms with Crippen LogP contribution in [0.5, 0.6) is 0 Å². The fourth-order valence-corrected chi connectivity index (χ4v) is 3.40. The molecule has 1 fully saturated rings. The largest absolute Gasteiger partial charge is 0.365 e. The lowest BCUT2D eigenvalue weighted by molar-refractivity contribution is 0.0129. The Morgan fingerprint density at radius 1 is 0.970 bits per heavy atom. The number of nitriles is 1.